The predicted molar refractivity (Wildman–Crippen MR) is 384 cm³/mol. The van der Waals surface area contributed by atoms with E-state index in [-0.39, 0.29) is 57.4 Å². The third kappa shape index (κ3) is 21.5. The van der Waals surface area contributed by atoms with Crippen LogP contribution >= 0.6 is 0 Å². The fourth-order valence-corrected chi connectivity index (χ4v) is 13.7. The predicted octanol–water partition coefficient (Wildman–Crippen LogP) is 7.17. The molecule has 28 heteroatoms. The van der Waals surface area contributed by atoms with Crippen molar-refractivity contribution in [1.82, 2.24) is 4.90 Å². The minimum absolute atomic E-state index is 0.0216. The number of carbonyl (C=O) groups excluding carboxylic acids is 7. The summed E-state index contributed by atoms with van der Waals surface area (Å²) in [5.41, 5.74) is 4.36. The first kappa shape index (κ1) is 81.9. The molecule has 2 amide bonds. The highest BCUT2D eigenvalue weighted by atomic mass is 16.8. The Morgan fingerprint density at radius 3 is 1.11 bits per heavy atom. The molecule has 588 valence electrons. The van der Waals surface area contributed by atoms with Gasteiger partial charge in [0.1, 0.15) is 79.8 Å². The zero-order valence-electron chi connectivity index (χ0n) is 62.0. The Morgan fingerprint density at radius 1 is 0.345 bits per heavy atom. The van der Waals surface area contributed by atoms with Gasteiger partial charge in [0.25, 0.3) is 11.8 Å². The van der Waals surface area contributed by atoms with E-state index in [1.807, 2.05) is 121 Å². The number of aliphatic hydroxyl groups is 2. The minimum atomic E-state index is -2.16. The van der Waals surface area contributed by atoms with Crippen molar-refractivity contribution in [3.63, 3.8) is 0 Å². The van der Waals surface area contributed by atoms with Gasteiger partial charge in [-0.1, -0.05) is 182 Å². The Labute approximate surface area is 636 Å². The first-order valence-corrected chi connectivity index (χ1v) is 36.3. The monoisotopic (exact) mass is 1520 g/mol. The second-order valence-electron chi connectivity index (χ2n) is 27.0. The second-order valence-corrected chi connectivity index (χ2v) is 27.0. The molecule has 20 atom stereocenters. The summed E-state index contributed by atoms with van der Waals surface area (Å²) < 4.78 is 119. The second kappa shape index (κ2) is 39.7. The number of carbonyl (C=O) groups is 7. The summed E-state index contributed by atoms with van der Waals surface area (Å²) in [6.45, 7) is 5.59. The third-order valence-electron chi connectivity index (χ3n) is 19.0. The fourth-order valence-electron chi connectivity index (χ4n) is 13.7. The average molecular weight is 1520 g/mol. The number of hydrogen-bond acceptors (Lipinski definition) is 27. The maximum Gasteiger partial charge on any atom is 0.303 e. The summed E-state index contributed by atoms with van der Waals surface area (Å²) in [6, 6.07) is 53.4. The number of esters is 5. The molecule has 0 bridgehead atoms. The van der Waals surface area contributed by atoms with Crippen molar-refractivity contribution in [2.24, 2.45) is 0 Å². The van der Waals surface area contributed by atoms with E-state index >= 15 is 9.59 Å². The van der Waals surface area contributed by atoms with Crippen LogP contribution in [0.3, 0.4) is 0 Å². The van der Waals surface area contributed by atoms with E-state index < -0.39 is 184 Å². The summed E-state index contributed by atoms with van der Waals surface area (Å²) in [6.07, 6.45) is -31.7. The highest BCUT2D eigenvalue weighted by molar-refractivity contribution is 6.19. The van der Waals surface area contributed by atoms with E-state index in [1.165, 1.54) is 13.8 Å². The largest absolute Gasteiger partial charge is 0.463 e. The Morgan fingerprint density at radius 2 is 0.673 bits per heavy atom. The number of nitrogens with zero attached hydrogens (tertiary/aromatic N) is 1. The van der Waals surface area contributed by atoms with Crippen molar-refractivity contribution >= 4 is 41.7 Å². The Bertz CT molecular complexity index is 3970. The van der Waals surface area contributed by atoms with Crippen molar-refractivity contribution < 1.29 is 129 Å². The van der Waals surface area contributed by atoms with E-state index in [0.29, 0.717) is 11.1 Å². The molecule has 0 aliphatic carbocycles. The first-order valence-electron chi connectivity index (χ1n) is 36.3. The van der Waals surface area contributed by atoms with Crippen LogP contribution in [0.2, 0.25) is 0 Å². The maximum atomic E-state index is 15.2. The molecular weight excluding hydrogens is 1430 g/mol. The minimum Gasteiger partial charge on any atom is -0.463 e. The standard InChI is InChI=1S/C82H93NO27/c1-48-49(2)78(92)83(77(48)91)65-70(109-82-76(103-54(7)89)73(102-53(6)88)69(101-52(5)87)63(107-82)46-94-40-56-28-16-9-17-29-56)67(100-51(4)86)64(47-95-50(3)85)105-79(65)110-71-66(90)61(38-84)104-81(74(71)97-42-58-32-20-11-21-33-58)108-68-62(45-93-39-55-26-14-8-15-27-55)106-80(99-44-60-36-24-13-25-37-60)75(98-43-59-34-22-12-23-35-59)72(68)96-41-57-30-18-10-19-31-57/h8-37,61-76,79-82,84,90H,38-47H2,1-7H3/t61-,62-,63-,64-,65-,66+,67-,68-,69+,70-,71+,72+,73+,74-,75-,76-,79+,80-,81+,82+/m1/s1. The van der Waals surface area contributed by atoms with E-state index in [2.05, 4.69) is 0 Å². The highest BCUT2D eigenvalue weighted by Crippen LogP contribution is 2.42. The van der Waals surface area contributed by atoms with Gasteiger partial charge in [-0.3, -0.25) is 38.5 Å². The Kier molecular flexibility index (Phi) is 29.6. The van der Waals surface area contributed by atoms with Gasteiger partial charge in [-0.15, -0.1) is 0 Å². The topological polar surface area (TPSA) is 329 Å². The average Bonchev–Trinajstić information content (AvgIpc) is 1.37. The molecule has 11 rings (SSSR count). The molecule has 5 aliphatic heterocycles. The molecule has 0 unspecified atom stereocenters. The van der Waals surface area contributed by atoms with E-state index in [1.54, 1.807) is 60.7 Å². The van der Waals surface area contributed by atoms with Crippen LogP contribution in [-0.4, -0.2) is 206 Å². The number of ether oxygens (including phenoxy) is 18. The summed E-state index contributed by atoms with van der Waals surface area (Å²) in [7, 11) is 0. The van der Waals surface area contributed by atoms with Gasteiger partial charge in [0, 0.05) is 45.8 Å². The van der Waals surface area contributed by atoms with Crippen molar-refractivity contribution in [3.8, 4) is 0 Å². The fraction of sp³-hybridized carbons (Fsp3) is 0.451. The molecule has 0 aromatic heterocycles. The lowest BCUT2D eigenvalue weighted by Crippen LogP contribution is -2.72. The molecule has 6 aromatic rings. The van der Waals surface area contributed by atoms with Crippen molar-refractivity contribution in [2.75, 3.05) is 26.4 Å². The van der Waals surface area contributed by atoms with Gasteiger partial charge >= 0.3 is 29.8 Å². The molecule has 4 saturated heterocycles. The number of hydrogen-bond donors (Lipinski definition) is 2. The number of imide groups is 1. The normalized spacial score (nSPS) is 28.9. The number of aliphatic hydroxyl groups excluding tert-OH is 2. The Balaban J connectivity index is 1.05. The van der Waals surface area contributed by atoms with Crippen molar-refractivity contribution in [2.45, 2.75) is 211 Å². The lowest BCUT2D eigenvalue weighted by atomic mass is 9.92. The summed E-state index contributed by atoms with van der Waals surface area (Å²) >= 11 is 0. The number of amides is 2. The van der Waals surface area contributed by atoms with Crippen LogP contribution in [0.5, 0.6) is 0 Å². The van der Waals surface area contributed by atoms with Crippen LogP contribution < -0.4 is 0 Å². The molecular formula is C82H93NO27. The molecule has 4 fully saturated rings. The van der Waals surface area contributed by atoms with Crippen LogP contribution in [0.25, 0.3) is 0 Å². The van der Waals surface area contributed by atoms with Gasteiger partial charge in [0.2, 0.25) is 0 Å². The summed E-state index contributed by atoms with van der Waals surface area (Å²) in [5.74, 6) is -6.60. The molecule has 5 heterocycles. The van der Waals surface area contributed by atoms with E-state index in [9.17, 15) is 34.2 Å². The smallest absolute Gasteiger partial charge is 0.303 e. The highest BCUT2D eigenvalue weighted by Gasteiger charge is 2.62. The van der Waals surface area contributed by atoms with E-state index in [0.717, 1.165) is 61.8 Å². The van der Waals surface area contributed by atoms with Crippen molar-refractivity contribution in [1.29, 1.82) is 0 Å². The molecule has 110 heavy (non-hydrogen) atoms. The van der Waals surface area contributed by atoms with Gasteiger partial charge in [-0.2, -0.15) is 0 Å². The third-order valence-corrected chi connectivity index (χ3v) is 19.0. The molecule has 6 aromatic carbocycles. The van der Waals surface area contributed by atoms with Gasteiger partial charge < -0.3 is 95.5 Å². The van der Waals surface area contributed by atoms with Gasteiger partial charge in [0.05, 0.1) is 59.5 Å². The molecule has 0 radical (unpaired) electrons. The summed E-state index contributed by atoms with van der Waals surface area (Å²) in [5, 5.41) is 24.6. The zero-order chi connectivity index (χ0) is 77.8. The lowest BCUT2D eigenvalue weighted by Gasteiger charge is -2.52. The lowest BCUT2D eigenvalue weighted by molar-refractivity contribution is -0.391. The molecule has 2 N–H and O–H groups in total. The maximum absolute atomic E-state index is 15.2. The Hall–Kier alpha value is -9.05. The van der Waals surface area contributed by atoms with Gasteiger partial charge in [0.15, 0.2) is 49.6 Å². The van der Waals surface area contributed by atoms with Crippen LogP contribution in [-0.2, 0) is 158 Å². The number of benzene rings is 6. The zero-order valence-corrected chi connectivity index (χ0v) is 62.0. The number of rotatable bonds is 34. The molecule has 5 aliphatic rings. The molecule has 0 spiro atoms. The van der Waals surface area contributed by atoms with Crippen molar-refractivity contribution in [3.05, 3.63) is 227 Å². The SMILES string of the molecule is CC(=O)OC[C@H]1O[C@@H](O[C@H]2[C@@H](O)[C@@H](CO)O[C@@H](O[C@H]3[C@H](OCc4ccccc4)[C@@H](OCc4ccccc4)[C@H](OCc4ccccc4)O[C@@H]3COCc3ccccc3)[C@@H]2OCc2ccccc2)[C@H](N2C(=O)C(C)=C(C)C2=O)[C@@H](O[C@@H]2O[C@H](COCc3ccccc3)[C@H](OC(C)=O)[C@H](OC(C)=O)[C@H]2OC(C)=O)[C@@H]1OC(C)=O. The quantitative estimate of drug-likeness (QED) is 0.0230. The first-order chi connectivity index (χ1) is 53.2. The van der Waals surface area contributed by atoms with E-state index in [4.69, 9.17) is 85.3 Å². The van der Waals surface area contributed by atoms with Crippen LogP contribution in [0.4, 0.5) is 0 Å². The van der Waals surface area contributed by atoms with Crippen LogP contribution in [0.15, 0.2) is 193 Å². The van der Waals surface area contributed by atoms with Crippen LogP contribution in [0.1, 0.15) is 81.8 Å². The molecule has 0 saturated carbocycles. The summed E-state index contributed by atoms with van der Waals surface area (Å²) in [4.78, 5) is 97.9. The van der Waals surface area contributed by atoms with Crippen LogP contribution in [0, 0.1) is 0 Å². The molecule has 28 nitrogen and oxygen atoms in total. The van der Waals surface area contributed by atoms with Gasteiger partial charge in [-0.05, 0) is 47.2 Å². The van der Waals surface area contributed by atoms with Gasteiger partial charge in [-0.25, -0.2) is 0 Å².